The van der Waals surface area contributed by atoms with E-state index in [1.165, 1.54) is 18.2 Å². The Balaban J connectivity index is 1.67. The predicted octanol–water partition coefficient (Wildman–Crippen LogP) is 3.88. The Morgan fingerprint density at radius 1 is 1.35 bits per heavy atom. The molecule has 1 aliphatic heterocycles. The average molecular weight is 355 g/mol. The molecule has 5 heteroatoms. The summed E-state index contributed by atoms with van der Waals surface area (Å²) >= 11 is 0. The molecule has 0 saturated heterocycles. The summed E-state index contributed by atoms with van der Waals surface area (Å²) in [5, 5.41) is 2.78. The largest absolute Gasteiger partial charge is 0.493 e. The standard InChI is InChI=1S/C21H22FNO3/c1-3-25-19-12-17-10-14(2)26-20(17)11-16(19)6-9-21(24)23-13-15-4-7-18(22)8-5-15/h4-9,11-12,14H,3,10,13H2,1-2H3,(H,23,24)/b9-6+/t14-/m0/s1. The monoisotopic (exact) mass is 355 g/mol. The van der Waals surface area contributed by atoms with Crippen LogP contribution in [0.1, 0.15) is 30.5 Å². The van der Waals surface area contributed by atoms with Gasteiger partial charge in [-0.3, -0.25) is 4.79 Å². The summed E-state index contributed by atoms with van der Waals surface area (Å²) in [6.45, 7) is 4.84. The second kappa shape index (κ2) is 8.04. The number of hydrogen-bond donors (Lipinski definition) is 1. The Morgan fingerprint density at radius 2 is 2.12 bits per heavy atom. The first-order chi connectivity index (χ1) is 12.5. The van der Waals surface area contributed by atoms with Gasteiger partial charge in [0.2, 0.25) is 5.91 Å². The van der Waals surface area contributed by atoms with Crippen LogP contribution in [0.15, 0.2) is 42.5 Å². The molecule has 2 aromatic carbocycles. The van der Waals surface area contributed by atoms with Gasteiger partial charge in [-0.2, -0.15) is 0 Å². The lowest BCUT2D eigenvalue weighted by molar-refractivity contribution is -0.116. The quantitative estimate of drug-likeness (QED) is 0.800. The Hall–Kier alpha value is -2.82. The SMILES string of the molecule is CCOc1cc2c(cc1/C=C/C(=O)NCc1ccc(F)cc1)O[C@@H](C)C2. The smallest absolute Gasteiger partial charge is 0.244 e. The van der Waals surface area contributed by atoms with Gasteiger partial charge in [-0.15, -0.1) is 0 Å². The zero-order valence-electron chi connectivity index (χ0n) is 14.9. The fourth-order valence-electron chi connectivity index (χ4n) is 2.88. The van der Waals surface area contributed by atoms with Crippen LogP contribution in [0.25, 0.3) is 6.08 Å². The van der Waals surface area contributed by atoms with Crippen LogP contribution >= 0.6 is 0 Å². The second-order valence-corrected chi connectivity index (χ2v) is 6.24. The number of benzene rings is 2. The molecule has 1 heterocycles. The number of halogens is 1. The Morgan fingerprint density at radius 3 is 2.85 bits per heavy atom. The van der Waals surface area contributed by atoms with E-state index in [1.54, 1.807) is 18.2 Å². The summed E-state index contributed by atoms with van der Waals surface area (Å²) in [6, 6.07) is 9.93. The van der Waals surface area contributed by atoms with Crippen molar-refractivity contribution < 1.29 is 18.7 Å². The molecule has 1 amide bonds. The minimum Gasteiger partial charge on any atom is -0.493 e. The highest BCUT2D eigenvalue weighted by Gasteiger charge is 2.21. The summed E-state index contributed by atoms with van der Waals surface area (Å²) in [5.41, 5.74) is 2.76. The van der Waals surface area contributed by atoms with Crippen molar-refractivity contribution in [3.05, 3.63) is 65.0 Å². The number of carbonyl (C=O) groups is 1. The summed E-state index contributed by atoms with van der Waals surface area (Å²) in [6.07, 6.45) is 4.19. The Kier molecular flexibility index (Phi) is 5.56. The molecule has 0 radical (unpaired) electrons. The summed E-state index contributed by atoms with van der Waals surface area (Å²) < 4.78 is 24.4. The van der Waals surface area contributed by atoms with Gasteiger partial charge in [-0.05, 0) is 49.8 Å². The van der Waals surface area contributed by atoms with Gasteiger partial charge in [0.1, 0.15) is 23.4 Å². The highest BCUT2D eigenvalue weighted by Crippen LogP contribution is 2.35. The van der Waals surface area contributed by atoms with E-state index in [0.717, 1.165) is 34.6 Å². The van der Waals surface area contributed by atoms with Crippen molar-refractivity contribution in [1.82, 2.24) is 5.32 Å². The molecule has 136 valence electrons. The van der Waals surface area contributed by atoms with E-state index in [4.69, 9.17) is 9.47 Å². The highest BCUT2D eigenvalue weighted by atomic mass is 19.1. The third-order valence-corrected chi connectivity index (χ3v) is 4.12. The van der Waals surface area contributed by atoms with Crippen molar-refractivity contribution in [1.29, 1.82) is 0 Å². The number of carbonyl (C=O) groups excluding carboxylic acids is 1. The number of amides is 1. The van der Waals surface area contributed by atoms with Gasteiger partial charge in [0.05, 0.1) is 6.61 Å². The lowest BCUT2D eigenvalue weighted by atomic mass is 10.1. The van der Waals surface area contributed by atoms with Crippen LogP contribution in [0.2, 0.25) is 0 Å². The number of hydrogen-bond acceptors (Lipinski definition) is 3. The molecule has 0 aliphatic carbocycles. The number of fused-ring (bicyclic) bond motifs is 1. The molecule has 1 N–H and O–H groups in total. The maximum absolute atomic E-state index is 12.9. The molecule has 2 aromatic rings. The molecule has 0 saturated carbocycles. The van der Waals surface area contributed by atoms with Gasteiger partial charge in [-0.25, -0.2) is 4.39 Å². The fraction of sp³-hybridized carbons (Fsp3) is 0.286. The van der Waals surface area contributed by atoms with Crippen LogP contribution in [0.3, 0.4) is 0 Å². The maximum Gasteiger partial charge on any atom is 0.244 e. The van der Waals surface area contributed by atoms with Gasteiger partial charge in [0, 0.05) is 30.2 Å². The molecule has 3 rings (SSSR count). The van der Waals surface area contributed by atoms with Gasteiger partial charge in [0.25, 0.3) is 0 Å². The molecule has 4 nitrogen and oxygen atoms in total. The fourth-order valence-corrected chi connectivity index (χ4v) is 2.88. The molecule has 1 atom stereocenters. The molecular weight excluding hydrogens is 333 g/mol. The van der Waals surface area contributed by atoms with Gasteiger partial charge in [-0.1, -0.05) is 12.1 Å². The first-order valence-electron chi connectivity index (χ1n) is 8.72. The summed E-state index contributed by atoms with van der Waals surface area (Å²) in [4.78, 5) is 12.1. The minimum atomic E-state index is -0.295. The van der Waals surface area contributed by atoms with Crippen molar-refractivity contribution in [2.45, 2.75) is 32.9 Å². The summed E-state index contributed by atoms with van der Waals surface area (Å²) in [7, 11) is 0. The van der Waals surface area contributed by atoms with Crippen LogP contribution in [0, 0.1) is 5.82 Å². The van der Waals surface area contributed by atoms with Crippen molar-refractivity contribution in [2.24, 2.45) is 0 Å². The Bertz CT molecular complexity index is 815. The van der Waals surface area contributed by atoms with E-state index in [-0.39, 0.29) is 17.8 Å². The minimum absolute atomic E-state index is 0.151. The Labute approximate surface area is 152 Å². The van der Waals surface area contributed by atoms with Crippen molar-refractivity contribution in [3.8, 4) is 11.5 Å². The van der Waals surface area contributed by atoms with E-state index in [1.807, 2.05) is 26.0 Å². The second-order valence-electron chi connectivity index (χ2n) is 6.24. The number of nitrogens with one attached hydrogen (secondary N) is 1. The van der Waals surface area contributed by atoms with Crippen LogP contribution < -0.4 is 14.8 Å². The van der Waals surface area contributed by atoms with E-state index in [0.29, 0.717) is 13.2 Å². The van der Waals surface area contributed by atoms with Crippen LogP contribution in [-0.2, 0) is 17.8 Å². The van der Waals surface area contributed by atoms with Crippen molar-refractivity contribution in [2.75, 3.05) is 6.61 Å². The maximum atomic E-state index is 12.9. The number of rotatable bonds is 6. The van der Waals surface area contributed by atoms with Crippen LogP contribution in [-0.4, -0.2) is 18.6 Å². The first-order valence-corrected chi connectivity index (χ1v) is 8.72. The van der Waals surface area contributed by atoms with Gasteiger partial charge >= 0.3 is 0 Å². The third kappa shape index (κ3) is 4.42. The zero-order chi connectivity index (χ0) is 18.5. The van der Waals surface area contributed by atoms with Crippen molar-refractivity contribution >= 4 is 12.0 Å². The van der Waals surface area contributed by atoms with Crippen LogP contribution in [0.4, 0.5) is 4.39 Å². The number of ether oxygens (including phenoxy) is 2. The molecule has 1 aliphatic rings. The zero-order valence-corrected chi connectivity index (χ0v) is 14.9. The topological polar surface area (TPSA) is 47.6 Å². The van der Waals surface area contributed by atoms with Crippen molar-refractivity contribution in [3.63, 3.8) is 0 Å². The normalized spacial score (nSPS) is 15.6. The lowest BCUT2D eigenvalue weighted by Gasteiger charge is -2.10. The van der Waals surface area contributed by atoms with E-state index < -0.39 is 0 Å². The van der Waals surface area contributed by atoms with Gasteiger partial charge in [0.15, 0.2) is 0 Å². The lowest BCUT2D eigenvalue weighted by Crippen LogP contribution is -2.20. The first kappa shape index (κ1) is 18.0. The molecular formula is C21H22FNO3. The molecule has 0 unspecified atom stereocenters. The van der Waals surface area contributed by atoms with E-state index >= 15 is 0 Å². The highest BCUT2D eigenvalue weighted by molar-refractivity contribution is 5.92. The van der Waals surface area contributed by atoms with E-state index in [2.05, 4.69) is 5.32 Å². The molecule has 0 fully saturated rings. The van der Waals surface area contributed by atoms with Crippen LogP contribution in [0.5, 0.6) is 11.5 Å². The van der Waals surface area contributed by atoms with E-state index in [9.17, 15) is 9.18 Å². The molecule has 26 heavy (non-hydrogen) atoms. The molecule has 0 spiro atoms. The average Bonchev–Trinajstić information content (AvgIpc) is 2.98. The molecule has 0 bridgehead atoms. The van der Waals surface area contributed by atoms with Gasteiger partial charge < -0.3 is 14.8 Å². The predicted molar refractivity (Wildman–Crippen MR) is 98.7 cm³/mol. The molecule has 0 aromatic heterocycles. The third-order valence-electron chi connectivity index (χ3n) is 4.12. The summed E-state index contributed by atoms with van der Waals surface area (Å²) in [5.74, 6) is 1.06.